The van der Waals surface area contributed by atoms with Crippen LogP contribution in [0, 0.1) is 18.2 Å². The molecule has 0 saturated carbocycles. The molecule has 1 unspecified atom stereocenters. The number of rotatable bonds is 1. The van der Waals surface area contributed by atoms with E-state index >= 15 is 0 Å². The number of aromatic nitrogens is 1. The molecule has 0 bridgehead atoms. The van der Waals surface area contributed by atoms with Gasteiger partial charge in [-0.2, -0.15) is 0 Å². The summed E-state index contributed by atoms with van der Waals surface area (Å²) < 4.78 is 12.9. The maximum absolute atomic E-state index is 12.9. The van der Waals surface area contributed by atoms with Gasteiger partial charge in [-0.15, -0.1) is 6.42 Å². The smallest absolute Gasteiger partial charge is 0.166 e. The van der Waals surface area contributed by atoms with E-state index in [2.05, 4.69) is 10.9 Å². The van der Waals surface area contributed by atoms with E-state index in [0.29, 0.717) is 5.56 Å². The van der Waals surface area contributed by atoms with Crippen molar-refractivity contribution >= 4 is 23.2 Å². The summed E-state index contributed by atoms with van der Waals surface area (Å²) >= 11 is 11.1. The fourth-order valence-electron chi connectivity index (χ4n) is 0.853. The second-order valence-corrected chi connectivity index (χ2v) is 3.25. The van der Waals surface area contributed by atoms with Gasteiger partial charge in [-0.25, -0.2) is 9.37 Å². The summed E-state index contributed by atoms with van der Waals surface area (Å²) in [6.07, 6.45) is 5.17. The monoisotopic (exact) mass is 217 g/mol. The quantitative estimate of drug-likeness (QED) is 0.520. The Kier molecular flexibility index (Phi) is 3.13. The van der Waals surface area contributed by atoms with E-state index in [1.165, 1.54) is 6.07 Å². The molecule has 0 aliphatic heterocycles. The minimum absolute atomic E-state index is 0.150. The molecule has 1 heterocycles. The van der Waals surface area contributed by atoms with Crippen LogP contribution in [0.4, 0.5) is 4.39 Å². The number of pyridine rings is 1. The molecule has 1 aromatic heterocycles. The Hall–Kier alpha value is -0.780. The molecule has 1 aromatic rings. The molecule has 4 heteroatoms. The van der Waals surface area contributed by atoms with Crippen LogP contribution in [0.25, 0.3) is 0 Å². The molecule has 0 saturated heterocycles. The molecule has 13 heavy (non-hydrogen) atoms. The highest BCUT2D eigenvalue weighted by Gasteiger charge is 2.12. The lowest BCUT2D eigenvalue weighted by Gasteiger charge is -2.06. The van der Waals surface area contributed by atoms with Crippen molar-refractivity contribution < 1.29 is 4.39 Å². The molecule has 1 nitrogen and oxygen atoms in total. The Morgan fingerprint density at radius 1 is 1.54 bits per heavy atom. The molecule has 1 rings (SSSR count). The van der Waals surface area contributed by atoms with Gasteiger partial charge in [-0.3, -0.25) is 0 Å². The highest BCUT2D eigenvalue weighted by atomic mass is 35.5. The molecular formula is C9H6Cl2FN. The lowest BCUT2D eigenvalue weighted by atomic mass is 10.0. The van der Waals surface area contributed by atoms with Crippen molar-refractivity contribution in [3.05, 3.63) is 27.8 Å². The van der Waals surface area contributed by atoms with Crippen molar-refractivity contribution in [3.8, 4) is 12.3 Å². The molecule has 0 spiro atoms. The molecule has 68 valence electrons. The third-order valence-electron chi connectivity index (χ3n) is 1.63. The first kappa shape index (κ1) is 10.3. The maximum Gasteiger partial charge on any atom is 0.166 e. The van der Waals surface area contributed by atoms with Crippen molar-refractivity contribution in [2.24, 2.45) is 0 Å². The van der Waals surface area contributed by atoms with E-state index in [9.17, 15) is 4.39 Å². The van der Waals surface area contributed by atoms with Crippen LogP contribution in [-0.2, 0) is 0 Å². The summed E-state index contributed by atoms with van der Waals surface area (Å²) in [5, 5.41) is -0.0881. The van der Waals surface area contributed by atoms with Gasteiger partial charge in [0.2, 0.25) is 0 Å². The average Bonchev–Trinajstić information content (AvgIpc) is 2.10. The summed E-state index contributed by atoms with van der Waals surface area (Å²) in [5.74, 6) is 1.55. The average molecular weight is 218 g/mol. The standard InChI is InChI=1S/C9H6Cl2FN/c1-3-5(2)6-4-7(12)9(11)13-8(6)10/h1,4-5H,2H3. The lowest BCUT2D eigenvalue weighted by molar-refractivity contribution is 0.618. The van der Waals surface area contributed by atoms with Gasteiger partial charge in [0, 0.05) is 11.5 Å². The Morgan fingerprint density at radius 2 is 2.15 bits per heavy atom. The Bertz CT molecular complexity index is 371. The molecule has 0 N–H and O–H groups in total. The van der Waals surface area contributed by atoms with E-state index in [4.69, 9.17) is 29.6 Å². The van der Waals surface area contributed by atoms with Gasteiger partial charge in [-0.05, 0) is 13.0 Å². The lowest BCUT2D eigenvalue weighted by Crippen LogP contribution is -1.96. The van der Waals surface area contributed by atoms with Crippen molar-refractivity contribution in [1.29, 1.82) is 0 Å². The number of terminal acetylenes is 1. The first-order valence-electron chi connectivity index (χ1n) is 3.53. The van der Waals surface area contributed by atoms with E-state index < -0.39 is 5.82 Å². The summed E-state index contributed by atoms with van der Waals surface area (Å²) in [6.45, 7) is 1.73. The predicted octanol–water partition coefficient (Wildman–Crippen LogP) is 3.26. The summed E-state index contributed by atoms with van der Waals surface area (Å²) in [4.78, 5) is 3.60. The number of hydrogen-bond donors (Lipinski definition) is 0. The fraction of sp³-hybridized carbons (Fsp3) is 0.222. The molecular weight excluding hydrogens is 212 g/mol. The zero-order valence-electron chi connectivity index (χ0n) is 6.81. The van der Waals surface area contributed by atoms with Crippen molar-refractivity contribution in [2.75, 3.05) is 0 Å². The predicted molar refractivity (Wildman–Crippen MR) is 51.5 cm³/mol. The van der Waals surface area contributed by atoms with Gasteiger partial charge in [0.15, 0.2) is 11.0 Å². The highest BCUT2D eigenvalue weighted by molar-refractivity contribution is 6.33. The Morgan fingerprint density at radius 3 is 2.69 bits per heavy atom. The van der Waals surface area contributed by atoms with Crippen LogP contribution in [-0.4, -0.2) is 4.98 Å². The zero-order chi connectivity index (χ0) is 10.0. The van der Waals surface area contributed by atoms with Crippen molar-refractivity contribution in [1.82, 2.24) is 4.98 Å². The van der Waals surface area contributed by atoms with Crippen molar-refractivity contribution in [3.63, 3.8) is 0 Å². The van der Waals surface area contributed by atoms with Gasteiger partial charge < -0.3 is 0 Å². The van der Waals surface area contributed by atoms with E-state index in [1.54, 1.807) is 6.92 Å². The van der Waals surface area contributed by atoms with Crippen LogP contribution in [0.15, 0.2) is 6.07 Å². The summed E-state index contributed by atoms with van der Waals surface area (Å²) in [5.41, 5.74) is 0.478. The van der Waals surface area contributed by atoms with Crippen LogP contribution in [0.1, 0.15) is 18.4 Å². The Balaban J connectivity index is 3.25. The Labute approximate surface area is 85.9 Å². The third-order valence-corrected chi connectivity index (χ3v) is 2.20. The fourth-order valence-corrected chi connectivity index (χ4v) is 1.34. The second-order valence-electron chi connectivity index (χ2n) is 2.53. The maximum atomic E-state index is 12.9. The van der Waals surface area contributed by atoms with Gasteiger partial charge in [0.1, 0.15) is 5.15 Å². The molecule has 0 fully saturated rings. The normalized spacial score (nSPS) is 12.2. The van der Waals surface area contributed by atoms with Gasteiger partial charge >= 0.3 is 0 Å². The highest BCUT2D eigenvalue weighted by Crippen LogP contribution is 2.25. The first-order valence-corrected chi connectivity index (χ1v) is 4.29. The minimum Gasteiger partial charge on any atom is -0.221 e. The van der Waals surface area contributed by atoms with Crippen LogP contribution >= 0.6 is 23.2 Å². The molecule has 0 aliphatic rings. The molecule has 0 aromatic carbocycles. The van der Waals surface area contributed by atoms with Gasteiger partial charge in [0.25, 0.3) is 0 Å². The van der Waals surface area contributed by atoms with Crippen LogP contribution in [0.3, 0.4) is 0 Å². The number of hydrogen-bond acceptors (Lipinski definition) is 1. The summed E-state index contributed by atoms with van der Waals surface area (Å²) in [7, 11) is 0. The van der Waals surface area contributed by atoms with Crippen molar-refractivity contribution in [2.45, 2.75) is 12.8 Å². The second kappa shape index (κ2) is 3.95. The number of halogens is 3. The molecule has 0 radical (unpaired) electrons. The largest absolute Gasteiger partial charge is 0.221 e. The van der Waals surface area contributed by atoms with Crippen LogP contribution in [0.2, 0.25) is 10.3 Å². The zero-order valence-corrected chi connectivity index (χ0v) is 8.33. The van der Waals surface area contributed by atoms with Crippen LogP contribution < -0.4 is 0 Å². The van der Waals surface area contributed by atoms with E-state index in [0.717, 1.165) is 0 Å². The van der Waals surface area contributed by atoms with Gasteiger partial charge in [0.05, 0.1) is 0 Å². The van der Waals surface area contributed by atoms with Crippen LogP contribution in [0.5, 0.6) is 0 Å². The minimum atomic E-state index is -0.608. The molecule has 0 aliphatic carbocycles. The molecule has 0 amide bonds. The number of nitrogens with zero attached hydrogens (tertiary/aromatic N) is 1. The topological polar surface area (TPSA) is 12.9 Å². The van der Waals surface area contributed by atoms with E-state index in [-0.39, 0.29) is 16.2 Å². The third kappa shape index (κ3) is 2.12. The summed E-state index contributed by atoms with van der Waals surface area (Å²) in [6, 6.07) is 1.21. The SMILES string of the molecule is C#CC(C)c1cc(F)c(Cl)nc1Cl. The van der Waals surface area contributed by atoms with Gasteiger partial charge in [-0.1, -0.05) is 29.1 Å². The first-order chi connectivity index (χ1) is 6.06. The molecule has 1 atom stereocenters. The van der Waals surface area contributed by atoms with E-state index in [1.807, 2.05) is 0 Å².